The zero-order valence-electron chi connectivity index (χ0n) is 11.4. The van der Waals surface area contributed by atoms with E-state index < -0.39 is 5.54 Å². The third-order valence-corrected chi connectivity index (χ3v) is 4.19. The molecule has 0 aromatic carbocycles. The van der Waals surface area contributed by atoms with Crippen LogP contribution in [-0.2, 0) is 9.53 Å². The lowest BCUT2D eigenvalue weighted by Gasteiger charge is -2.29. The van der Waals surface area contributed by atoms with Crippen molar-refractivity contribution in [1.29, 1.82) is 0 Å². The van der Waals surface area contributed by atoms with E-state index in [-0.39, 0.29) is 12.0 Å². The van der Waals surface area contributed by atoms with E-state index in [2.05, 4.69) is 24.1 Å². The second kappa shape index (κ2) is 5.55. The first-order valence-electron chi connectivity index (χ1n) is 6.94. The highest BCUT2D eigenvalue weighted by Crippen LogP contribution is 2.23. The van der Waals surface area contributed by atoms with E-state index in [0.717, 1.165) is 39.0 Å². The van der Waals surface area contributed by atoms with Gasteiger partial charge >= 0.3 is 0 Å². The van der Waals surface area contributed by atoms with Crippen LogP contribution in [0.1, 0.15) is 33.1 Å². The van der Waals surface area contributed by atoms with Gasteiger partial charge in [0.25, 0.3) is 0 Å². The molecular formula is C13H25N3O2. The summed E-state index contributed by atoms with van der Waals surface area (Å²) in [5.74, 6) is -0.233. The molecule has 1 amide bonds. The van der Waals surface area contributed by atoms with Crippen molar-refractivity contribution in [2.45, 2.75) is 50.8 Å². The van der Waals surface area contributed by atoms with Gasteiger partial charge in [-0.15, -0.1) is 0 Å². The zero-order chi connectivity index (χ0) is 13.2. The maximum absolute atomic E-state index is 11.8. The van der Waals surface area contributed by atoms with Crippen LogP contribution in [0.15, 0.2) is 0 Å². The molecule has 0 aliphatic carbocycles. The van der Waals surface area contributed by atoms with Crippen LogP contribution in [0.3, 0.4) is 0 Å². The Balaban J connectivity index is 1.93. The molecule has 5 nitrogen and oxygen atoms in total. The molecule has 2 atom stereocenters. The van der Waals surface area contributed by atoms with Crippen LogP contribution in [-0.4, -0.2) is 54.7 Å². The highest BCUT2D eigenvalue weighted by atomic mass is 16.5. The van der Waals surface area contributed by atoms with Crippen molar-refractivity contribution in [3.05, 3.63) is 0 Å². The molecule has 3 N–H and O–H groups in total. The first-order valence-corrected chi connectivity index (χ1v) is 6.94. The summed E-state index contributed by atoms with van der Waals surface area (Å²) in [7, 11) is 0. The maximum Gasteiger partial charge on any atom is 0.239 e. The zero-order valence-corrected chi connectivity index (χ0v) is 11.4. The number of hydrogen-bond acceptors (Lipinski definition) is 4. The molecular weight excluding hydrogens is 230 g/mol. The van der Waals surface area contributed by atoms with E-state index in [4.69, 9.17) is 10.5 Å². The topological polar surface area (TPSA) is 67.6 Å². The van der Waals surface area contributed by atoms with E-state index in [0.29, 0.717) is 12.6 Å². The summed E-state index contributed by atoms with van der Waals surface area (Å²) in [4.78, 5) is 14.1. The van der Waals surface area contributed by atoms with Gasteiger partial charge in [-0.05, 0) is 33.1 Å². The van der Waals surface area contributed by atoms with Crippen LogP contribution >= 0.6 is 0 Å². The van der Waals surface area contributed by atoms with Gasteiger partial charge in [0, 0.05) is 32.3 Å². The van der Waals surface area contributed by atoms with Gasteiger partial charge in [0.05, 0.1) is 6.10 Å². The predicted molar refractivity (Wildman–Crippen MR) is 70.2 cm³/mol. The standard InChI is InChI=1S/C13H25N3O2/c1-10(2)16-6-5-13(9-16,12(14)17)15-8-11-4-3-7-18-11/h10-11,15H,3-9H2,1-2H3,(H2,14,17). The molecule has 2 aliphatic rings. The Hall–Kier alpha value is -0.650. The van der Waals surface area contributed by atoms with Gasteiger partial charge in [0.2, 0.25) is 5.91 Å². The van der Waals surface area contributed by atoms with Gasteiger partial charge in [0.15, 0.2) is 0 Å². The highest BCUT2D eigenvalue weighted by molar-refractivity contribution is 5.85. The Kier molecular flexibility index (Phi) is 4.25. The summed E-state index contributed by atoms with van der Waals surface area (Å²) in [5, 5.41) is 3.38. The van der Waals surface area contributed by atoms with Crippen LogP contribution in [0, 0.1) is 0 Å². The third kappa shape index (κ3) is 2.84. The van der Waals surface area contributed by atoms with Crippen molar-refractivity contribution in [2.24, 2.45) is 5.73 Å². The van der Waals surface area contributed by atoms with Crippen LogP contribution in [0.2, 0.25) is 0 Å². The SMILES string of the molecule is CC(C)N1CCC(NCC2CCCO2)(C(N)=O)C1. The lowest BCUT2D eigenvalue weighted by molar-refractivity contribution is -0.124. The maximum atomic E-state index is 11.8. The minimum Gasteiger partial charge on any atom is -0.377 e. The number of nitrogens with one attached hydrogen (secondary N) is 1. The molecule has 5 heteroatoms. The van der Waals surface area contributed by atoms with Crippen LogP contribution in [0.25, 0.3) is 0 Å². The molecule has 2 aliphatic heterocycles. The van der Waals surface area contributed by atoms with Crippen molar-refractivity contribution >= 4 is 5.91 Å². The molecule has 0 radical (unpaired) electrons. The lowest BCUT2D eigenvalue weighted by atomic mass is 9.97. The Bertz CT molecular complexity index is 303. The number of ether oxygens (including phenoxy) is 1. The molecule has 2 saturated heterocycles. The second-order valence-corrected chi connectivity index (χ2v) is 5.78. The Morgan fingerprint density at radius 3 is 2.89 bits per heavy atom. The third-order valence-electron chi connectivity index (χ3n) is 4.19. The molecule has 2 heterocycles. The largest absolute Gasteiger partial charge is 0.377 e. The number of nitrogens with zero attached hydrogens (tertiary/aromatic N) is 1. The average molecular weight is 255 g/mol. The Morgan fingerprint density at radius 1 is 1.61 bits per heavy atom. The number of carbonyl (C=O) groups is 1. The highest BCUT2D eigenvalue weighted by Gasteiger charge is 2.43. The summed E-state index contributed by atoms with van der Waals surface area (Å²) >= 11 is 0. The van der Waals surface area contributed by atoms with E-state index in [1.165, 1.54) is 0 Å². The molecule has 0 aromatic rings. The van der Waals surface area contributed by atoms with Gasteiger partial charge < -0.3 is 10.5 Å². The summed E-state index contributed by atoms with van der Waals surface area (Å²) in [5.41, 5.74) is 5.05. The minimum atomic E-state index is -0.559. The number of nitrogens with two attached hydrogens (primary N) is 1. The van der Waals surface area contributed by atoms with Gasteiger partial charge in [0.1, 0.15) is 5.54 Å². The Labute approximate surface area is 109 Å². The van der Waals surface area contributed by atoms with Gasteiger partial charge in [-0.25, -0.2) is 0 Å². The van der Waals surface area contributed by atoms with Gasteiger partial charge in [-0.1, -0.05) is 0 Å². The molecule has 18 heavy (non-hydrogen) atoms. The second-order valence-electron chi connectivity index (χ2n) is 5.78. The lowest BCUT2D eigenvalue weighted by Crippen LogP contribution is -2.59. The van der Waals surface area contributed by atoms with E-state index in [1.54, 1.807) is 0 Å². The quantitative estimate of drug-likeness (QED) is 0.731. The summed E-state index contributed by atoms with van der Waals surface area (Å²) < 4.78 is 5.58. The molecule has 0 saturated carbocycles. The fourth-order valence-corrected chi connectivity index (χ4v) is 2.83. The first-order chi connectivity index (χ1) is 8.53. The number of carbonyl (C=O) groups excluding carboxylic acids is 1. The van der Waals surface area contributed by atoms with Crippen LogP contribution < -0.4 is 11.1 Å². The first kappa shape index (κ1) is 13.8. The molecule has 2 fully saturated rings. The van der Waals surface area contributed by atoms with Gasteiger partial charge in [-0.2, -0.15) is 0 Å². The molecule has 0 spiro atoms. The van der Waals surface area contributed by atoms with Gasteiger partial charge in [-0.3, -0.25) is 15.0 Å². The Morgan fingerprint density at radius 2 is 2.39 bits per heavy atom. The summed E-state index contributed by atoms with van der Waals surface area (Å²) in [6.07, 6.45) is 3.24. The smallest absolute Gasteiger partial charge is 0.239 e. The van der Waals surface area contributed by atoms with E-state index in [9.17, 15) is 4.79 Å². The van der Waals surface area contributed by atoms with Crippen molar-refractivity contribution < 1.29 is 9.53 Å². The summed E-state index contributed by atoms with van der Waals surface area (Å²) in [6.45, 7) is 7.52. The van der Waals surface area contributed by atoms with Crippen molar-refractivity contribution in [1.82, 2.24) is 10.2 Å². The molecule has 2 unspecified atom stereocenters. The minimum absolute atomic E-state index is 0.233. The normalized spacial score (nSPS) is 33.4. The van der Waals surface area contributed by atoms with Crippen LogP contribution in [0.5, 0.6) is 0 Å². The number of primary amides is 1. The predicted octanol–water partition coefficient (Wildman–Crippen LogP) is 0.0932. The molecule has 2 rings (SSSR count). The van der Waals surface area contributed by atoms with Crippen molar-refractivity contribution in [2.75, 3.05) is 26.2 Å². The molecule has 104 valence electrons. The van der Waals surface area contributed by atoms with Crippen molar-refractivity contribution in [3.8, 4) is 0 Å². The molecule has 0 bridgehead atoms. The average Bonchev–Trinajstić information content (AvgIpc) is 2.97. The van der Waals surface area contributed by atoms with Crippen molar-refractivity contribution in [3.63, 3.8) is 0 Å². The number of amides is 1. The number of rotatable bonds is 5. The summed E-state index contributed by atoms with van der Waals surface area (Å²) in [6, 6.07) is 0.454. The van der Waals surface area contributed by atoms with E-state index in [1.807, 2.05) is 0 Å². The number of likely N-dealkylation sites (tertiary alicyclic amines) is 1. The number of hydrogen-bond donors (Lipinski definition) is 2. The molecule has 0 aromatic heterocycles. The van der Waals surface area contributed by atoms with Crippen LogP contribution in [0.4, 0.5) is 0 Å². The monoisotopic (exact) mass is 255 g/mol. The fraction of sp³-hybridized carbons (Fsp3) is 0.923. The van der Waals surface area contributed by atoms with E-state index >= 15 is 0 Å². The fourth-order valence-electron chi connectivity index (χ4n) is 2.83.